The average Bonchev–Trinajstić information content (AvgIpc) is 3.05. The molecule has 2 aliphatic heterocycles. The third kappa shape index (κ3) is 5.82. The van der Waals surface area contributed by atoms with Crippen molar-refractivity contribution in [1.82, 2.24) is 4.90 Å². The summed E-state index contributed by atoms with van der Waals surface area (Å²) in [4.78, 5) is 29.7. The second kappa shape index (κ2) is 10.9. The van der Waals surface area contributed by atoms with Gasteiger partial charge in [0.1, 0.15) is 5.60 Å². The number of rotatable bonds is 10. The number of nitrogens with zero attached hydrogens (tertiary/aromatic N) is 2. The van der Waals surface area contributed by atoms with Crippen LogP contribution in [-0.2, 0) is 20.5 Å². The quantitative estimate of drug-likeness (QED) is 0.332. The molecule has 1 aromatic rings. The molecule has 5 nitrogen and oxygen atoms in total. The predicted octanol–water partition coefficient (Wildman–Crippen LogP) is 5.39. The smallest absolute Gasteiger partial charge is 0.416 e. The summed E-state index contributed by atoms with van der Waals surface area (Å²) in [5.41, 5.74) is 0.0472. The molecule has 8 heteroatoms. The molecule has 0 aliphatic carbocycles. The molecule has 34 heavy (non-hydrogen) atoms. The van der Waals surface area contributed by atoms with E-state index in [9.17, 15) is 22.8 Å². The average molecular weight is 481 g/mol. The Hall–Kier alpha value is -2.35. The number of ether oxygens (including phenoxy) is 1. The minimum Gasteiger partial charge on any atom is -0.451 e. The van der Waals surface area contributed by atoms with Crippen molar-refractivity contribution in [3.8, 4) is 0 Å². The highest BCUT2D eigenvalue weighted by Crippen LogP contribution is 2.42. The van der Waals surface area contributed by atoms with Crippen molar-refractivity contribution in [1.29, 1.82) is 0 Å². The van der Waals surface area contributed by atoms with Crippen molar-refractivity contribution in [3.05, 3.63) is 41.0 Å². The molecule has 3 rings (SSSR count). The van der Waals surface area contributed by atoms with Gasteiger partial charge in [0, 0.05) is 62.3 Å². The summed E-state index contributed by atoms with van der Waals surface area (Å²) in [7, 11) is 0. The summed E-state index contributed by atoms with van der Waals surface area (Å²) in [5, 5.41) is 0. The van der Waals surface area contributed by atoms with Gasteiger partial charge < -0.3 is 14.5 Å². The lowest BCUT2D eigenvalue weighted by Gasteiger charge is -2.39. The van der Waals surface area contributed by atoms with E-state index >= 15 is 0 Å². The Bertz CT molecular complexity index is 918. The fourth-order valence-corrected chi connectivity index (χ4v) is 5.03. The molecule has 1 fully saturated rings. The molecular weight excluding hydrogens is 445 g/mol. The van der Waals surface area contributed by atoms with Crippen LogP contribution in [0.2, 0.25) is 0 Å². The van der Waals surface area contributed by atoms with Gasteiger partial charge in [-0.3, -0.25) is 4.79 Å². The molecule has 0 amide bonds. The van der Waals surface area contributed by atoms with Gasteiger partial charge >= 0.3 is 12.1 Å². The van der Waals surface area contributed by atoms with E-state index in [1.165, 1.54) is 12.1 Å². The fourth-order valence-electron chi connectivity index (χ4n) is 5.03. The SMILES string of the molecule is CCCN(CCCCC(=O)C1=C(C)C(=O)OC12CCN(CC)CC2)c1cccc(C(F)(F)F)c1. The Morgan fingerprint density at radius 2 is 1.85 bits per heavy atom. The number of benzene rings is 1. The molecule has 0 atom stereocenters. The number of carbonyl (C=O) groups excluding carboxylic acids is 2. The van der Waals surface area contributed by atoms with E-state index in [1.54, 1.807) is 13.0 Å². The van der Waals surface area contributed by atoms with Gasteiger partial charge in [-0.1, -0.05) is 19.9 Å². The van der Waals surface area contributed by atoms with E-state index in [0.717, 1.165) is 32.1 Å². The van der Waals surface area contributed by atoms with Crippen molar-refractivity contribution in [2.24, 2.45) is 0 Å². The maximum Gasteiger partial charge on any atom is 0.416 e. The maximum atomic E-state index is 13.2. The Morgan fingerprint density at radius 3 is 2.47 bits per heavy atom. The first-order chi connectivity index (χ1) is 16.1. The molecule has 1 spiro atoms. The van der Waals surface area contributed by atoms with Gasteiger partial charge in [-0.2, -0.15) is 13.2 Å². The number of piperidine rings is 1. The predicted molar refractivity (Wildman–Crippen MR) is 126 cm³/mol. The third-order valence-corrected chi connectivity index (χ3v) is 6.93. The minimum atomic E-state index is -4.38. The molecule has 0 unspecified atom stereocenters. The van der Waals surface area contributed by atoms with Gasteiger partial charge in [-0.05, 0) is 50.9 Å². The van der Waals surface area contributed by atoms with Crippen LogP contribution in [0.15, 0.2) is 35.4 Å². The third-order valence-electron chi connectivity index (χ3n) is 6.93. The van der Waals surface area contributed by atoms with E-state index in [2.05, 4.69) is 11.8 Å². The summed E-state index contributed by atoms with van der Waals surface area (Å²) in [6.45, 7) is 9.45. The monoisotopic (exact) mass is 480 g/mol. The zero-order chi connectivity index (χ0) is 24.9. The molecule has 0 radical (unpaired) electrons. The zero-order valence-electron chi connectivity index (χ0n) is 20.3. The van der Waals surface area contributed by atoms with Crippen LogP contribution in [0, 0.1) is 0 Å². The molecule has 1 saturated heterocycles. The molecule has 0 aromatic heterocycles. The van der Waals surface area contributed by atoms with Gasteiger partial charge in [-0.25, -0.2) is 4.79 Å². The fraction of sp³-hybridized carbons (Fsp3) is 0.615. The van der Waals surface area contributed by atoms with E-state index in [-0.39, 0.29) is 5.78 Å². The Kier molecular flexibility index (Phi) is 8.44. The Labute approximate surface area is 199 Å². The molecule has 188 valence electrons. The standard InChI is InChI=1S/C26H35F3N2O3/c1-4-14-31(21-10-8-9-20(18-21)26(27,28)29)15-7-6-11-22(32)23-19(3)24(33)34-25(23)12-16-30(5-2)17-13-25/h8-10,18H,4-7,11-17H2,1-3H3. The first-order valence-electron chi connectivity index (χ1n) is 12.2. The van der Waals surface area contributed by atoms with Gasteiger partial charge in [0.15, 0.2) is 5.78 Å². The number of likely N-dealkylation sites (tertiary alicyclic amines) is 1. The largest absolute Gasteiger partial charge is 0.451 e. The van der Waals surface area contributed by atoms with Crippen LogP contribution in [0.1, 0.15) is 64.9 Å². The van der Waals surface area contributed by atoms with Gasteiger partial charge in [-0.15, -0.1) is 0 Å². The maximum absolute atomic E-state index is 13.2. The number of halogens is 3. The van der Waals surface area contributed by atoms with Crippen LogP contribution in [0.4, 0.5) is 18.9 Å². The molecule has 0 bridgehead atoms. The summed E-state index contributed by atoms with van der Waals surface area (Å²) < 4.78 is 45.1. The van der Waals surface area contributed by atoms with Gasteiger partial charge in [0.05, 0.1) is 5.56 Å². The zero-order valence-corrected chi connectivity index (χ0v) is 20.3. The first-order valence-corrected chi connectivity index (χ1v) is 12.2. The van der Waals surface area contributed by atoms with E-state index in [1.807, 2.05) is 11.8 Å². The van der Waals surface area contributed by atoms with Crippen molar-refractivity contribution in [2.75, 3.05) is 37.6 Å². The lowest BCUT2D eigenvalue weighted by atomic mass is 9.80. The van der Waals surface area contributed by atoms with Gasteiger partial charge in [0.25, 0.3) is 0 Å². The number of esters is 1. The number of hydrogen-bond acceptors (Lipinski definition) is 5. The van der Waals surface area contributed by atoms with Crippen LogP contribution in [0.5, 0.6) is 0 Å². The number of Topliss-reactive ketones (excluding diaryl/α,β-unsaturated/α-hetero) is 1. The molecule has 0 saturated carbocycles. The highest BCUT2D eigenvalue weighted by Gasteiger charge is 2.50. The highest BCUT2D eigenvalue weighted by molar-refractivity contribution is 6.08. The number of unbranched alkanes of at least 4 members (excludes halogenated alkanes) is 1. The Morgan fingerprint density at radius 1 is 1.15 bits per heavy atom. The van der Waals surface area contributed by atoms with Crippen LogP contribution in [0.25, 0.3) is 0 Å². The van der Waals surface area contributed by atoms with Crippen LogP contribution < -0.4 is 4.90 Å². The number of carbonyl (C=O) groups is 2. The number of ketones is 1. The highest BCUT2D eigenvalue weighted by atomic mass is 19.4. The van der Waals surface area contributed by atoms with E-state index < -0.39 is 23.3 Å². The van der Waals surface area contributed by atoms with Crippen LogP contribution >= 0.6 is 0 Å². The number of anilines is 1. The summed E-state index contributed by atoms with van der Waals surface area (Å²) in [5.74, 6) is -0.443. The number of alkyl halides is 3. The summed E-state index contributed by atoms with van der Waals surface area (Å²) in [6.07, 6.45) is -0.755. The van der Waals surface area contributed by atoms with Crippen molar-refractivity contribution in [2.45, 2.75) is 71.1 Å². The van der Waals surface area contributed by atoms with Crippen LogP contribution in [0.3, 0.4) is 0 Å². The molecule has 0 N–H and O–H groups in total. The second-order valence-corrected chi connectivity index (χ2v) is 9.23. The molecule has 1 aromatic carbocycles. The minimum absolute atomic E-state index is 0.0468. The normalized spacial score (nSPS) is 18.5. The van der Waals surface area contributed by atoms with Crippen LogP contribution in [-0.4, -0.2) is 55.0 Å². The number of hydrogen-bond donors (Lipinski definition) is 0. The summed E-state index contributed by atoms with van der Waals surface area (Å²) >= 11 is 0. The van der Waals surface area contributed by atoms with Gasteiger partial charge in [0.2, 0.25) is 0 Å². The topological polar surface area (TPSA) is 49.9 Å². The second-order valence-electron chi connectivity index (χ2n) is 9.23. The molecule has 2 aliphatic rings. The molecule has 2 heterocycles. The lowest BCUT2D eigenvalue weighted by Crippen LogP contribution is -2.47. The van der Waals surface area contributed by atoms with E-state index in [4.69, 9.17) is 4.74 Å². The summed E-state index contributed by atoms with van der Waals surface area (Å²) in [6, 6.07) is 5.38. The van der Waals surface area contributed by atoms with Crippen molar-refractivity contribution in [3.63, 3.8) is 0 Å². The molecular formula is C26H35F3N2O3. The Balaban J connectivity index is 1.60. The first kappa shape index (κ1) is 26.3. The van der Waals surface area contributed by atoms with E-state index in [0.29, 0.717) is 62.0 Å². The van der Waals surface area contributed by atoms with Crippen molar-refractivity contribution >= 4 is 17.4 Å². The lowest BCUT2D eigenvalue weighted by molar-refractivity contribution is -0.150. The van der Waals surface area contributed by atoms with Crippen molar-refractivity contribution < 1.29 is 27.5 Å².